The summed E-state index contributed by atoms with van der Waals surface area (Å²) in [6.07, 6.45) is -15.2. The van der Waals surface area contributed by atoms with Gasteiger partial charge in [-0.1, -0.05) is 17.7 Å². The number of carbonyl (C=O) groups excluding carboxylic acids is 1. The number of hydrogen-bond acceptors (Lipinski definition) is 2. The Morgan fingerprint density at radius 1 is 1.10 bits per heavy atom. The maximum absolute atomic E-state index is 12.3. The van der Waals surface area contributed by atoms with Crippen LogP contribution in [0.5, 0.6) is 0 Å². The van der Waals surface area contributed by atoms with Crippen LogP contribution in [0.15, 0.2) is 18.2 Å². The predicted octanol–water partition coefficient (Wildman–Crippen LogP) is 4.00. The second kappa shape index (κ2) is 6.05. The van der Waals surface area contributed by atoms with Crippen LogP contribution >= 0.6 is 0 Å². The molecule has 2 nitrogen and oxygen atoms in total. The zero-order valence-electron chi connectivity index (χ0n) is 11.1. The molecule has 0 bridgehead atoms. The topological polar surface area (TPSA) is 26.3 Å². The number of alkyl halides is 6. The molecule has 0 aliphatic heterocycles. The molecule has 1 aromatic carbocycles. The number of aryl methyl sites for hydroxylation is 2. The number of benzene rings is 1. The van der Waals surface area contributed by atoms with Crippen LogP contribution in [0, 0.1) is 13.8 Å². The SMILES string of the molecule is Cc1ccc(C)c(C(=O)COC(C(F)(F)F)C(F)(F)F)c1. The lowest BCUT2D eigenvalue weighted by Gasteiger charge is -2.22. The summed E-state index contributed by atoms with van der Waals surface area (Å²) in [6.45, 7) is 1.87. The van der Waals surface area contributed by atoms with E-state index in [1.54, 1.807) is 19.1 Å². The minimum atomic E-state index is -5.62. The Morgan fingerprint density at radius 2 is 1.62 bits per heavy atom. The maximum Gasteiger partial charge on any atom is 0.423 e. The van der Waals surface area contributed by atoms with Gasteiger partial charge in [0, 0.05) is 5.56 Å². The van der Waals surface area contributed by atoms with E-state index in [-0.39, 0.29) is 5.56 Å². The van der Waals surface area contributed by atoms with Crippen molar-refractivity contribution in [3.63, 3.8) is 0 Å². The van der Waals surface area contributed by atoms with Gasteiger partial charge in [0.05, 0.1) is 0 Å². The van der Waals surface area contributed by atoms with Crippen molar-refractivity contribution in [3.05, 3.63) is 34.9 Å². The Labute approximate surface area is 116 Å². The lowest BCUT2D eigenvalue weighted by molar-refractivity contribution is -0.318. The molecule has 1 rings (SSSR count). The third-order valence-corrected chi connectivity index (χ3v) is 2.67. The fourth-order valence-corrected chi connectivity index (χ4v) is 1.65. The molecule has 0 aliphatic carbocycles. The Balaban J connectivity index is 2.86. The van der Waals surface area contributed by atoms with Crippen LogP contribution < -0.4 is 0 Å². The Hall–Kier alpha value is -1.57. The van der Waals surface area contributed by atoms with Gasteiger partial charge < -0.3 is 4.74 Å². The molecular formula is C13H12F6O2. The average Bonchev–Trinajstić information content (AvgIpc) is 2.28. The number of ketones is 1. The van der Waals surface area contributed by atoms with Crippen LogP contribution in [0.25, 0.3) is 0 Å². The standard InChI is InChI=1S/C13H12F6O2/c1-7-3-4-8(2)9(5-7)10(20)6-21-11(12(14,15)16)13(17,18)19/h3-5,11H,6H2,1-2H3. The third kappa shape index (κ3) is 4.73. The van der Waals surface area contributed by atoms with Crippen LogP contribution in [-0.4, -0.2) is 30.8 Å². The molecule has 0 unspecified atom stereocenters. The van der Waals surface area contributed by atoms with Gasteiger partial charge in [-0.3, -0.25) is 4.79 Å². The smallest absolute Gasteiger partial charge is 0.353 e. The Bertz CT molecular complexity index is 504. The van der Waals surface area contributed by atoms with E-state index >= 15 is 0 Å². The van der Waals surface area contributed by atoms with Crippen molar-refractivity contribution in [2.45, 2.75) is 32.3 Å². The lowest BCUT2D eigenvalue weighted by Crippen LogP contribution is -2.45. The molecule has 0 amide bonds. The van der Waals surface area contributed by atoms with Crippen LogP contribution in [0.4, 0.5) is 26.3 Å². The van der Waals surface area contributed by atoms with Crippen molar-refractivity contribution in [2.24, 2.45) is 0 Å². The van der Waals surface area contributed by atoms with Crippen LogP contribution in [0.2, 0.25) is 0 Å². The minimum absolute atomic E-state index is 0.0399. The largest absolute Gasteiger partial charge is 0.423 e. The van der Waals surface area contributed by atoms with Gasteiger partial charge in [-0.15, -0.1) is 0 Å². The molecule has 0 atom stereocenters. The summed E-state index contributed by atoms with van der Waals surface area (Å²) in [4.78, 5) is 11.7. The molecule has 0 heterocycles. The molecule has 0 spiro atoms. The molecule has 8 heteroatoms. The first-order valence-electron chi connectivity index (χ1n) is 5.78. The second-order valence-electron chi connectivity index (χ2n) is 4.52. The number of Topliss-reactive ketones (excluding diaryl/α,β-unsaturated/α-hetero) is 1. The van der Waals surface area contributed by atoms with Crippen molar-refractivity contribution >= 4 is 5.78 Å². The van der Waals surface area contributed by atoms with Crippen LogP contribution in [-0.2, 0) is 4.74 Å². The summed E-state index contributed by atoms with van der Waals surface area (Å²) in [6, 6.07) is 4.60. The highest BCUT2D eigenvalue weighted by atomic mass is 19.4. The molecule has 0 saturated carbocycles. The average molecular weight is 314 g/mol. The summed E-state index contributed by atoms with van der Waals surface area (Å²) in [5.74, 6) is -0.935. The Morgan fingerprint density at radius 3 is 2.10 bits per heavy atom. The van der Waals surface area contributed by atoms with Gasteiger partial charge >= 0.3 is 12.4 Å². The molecule has 0 radical (unpaired) electrons. The van der Waals surface area contributed by atoms with E-state index < -0.39 is 30.8 Å². The van der Waals surface area contributed by atoms with Gasteiger partial charge in [-0.05, 0) is 25.5 Å². The summed E-state index contributed by atoms with van der Waals surface area (Å²) >= 11 is 0. The predicted molar refractivity (Wildman–Crippen MR) is 62.1 cm³/mol. The van der Waals surface area contributed by atoms with E-state index in [1.807, 2.05) is 0 Å². The van der Waals surface area contributed by atoms with E-state index in [2.05, 4.69) is 4.74 Å². The van der Waals surface area contributed by atoms with E-state index in [1.165, 1.54) is 13.0 Å². The van der Waals surface area contributed by atoms with Crippen molar-refractivity contribution in [2.75, 3.05) is 6.61 Å². The summed E-state index contributed by atoms with van der Waals surface area (Å²) in [7, 11) is 0. The maximum atomic E-state index is 12.3. The fourth-order valence-electron chi connectivity index (χ4n) is 1.65. The molecular weight excluding hydrogens is 302 g/mol. The van der Waals surface area contributed by atoms with Gasteiger partial charge in [0.1, 0.15) is 6.61 Å². The van der Waals surface area contributed by atoms with Gasteiger partial charge in [-0.2, -0.15) is 26.3 Å². The molecule has 0 N–H and O–H groups in total. The van der Waals surface area contributed by atoms with Gasteiger partial charge in [0.2, 0.25) is 6.10 Å². The zero-order valence-corrected chi connectivity index (χ0v) is 11.1. The molecule has 21 heavy (non-hydrogen) atoms. The number of halogens is 6. The van der Waals surface area contributed by atoms with Crippen LogP contribution in [0.1, 0.15) is 21.5 Å². The van der Waals surface area contributed by atoms with Crippen molar-refractivity contribution < 1.29 is 35.9 Å². The quantitative estimate of drug-likeness (QED) is 0.620. The van der Waals surface area contributed by atoms with Crippen molar-refractivity contribution in [1.82, 2.24) is 0 Å². The molecule has 1 aromatic rings. The fraction of sp³-hybridized carbons (Fsp3) is 0.462. The van der Waals surface area contributed by atoms with E-state index in [0.29, 0.717) is 11.1 Å². The summed E-state index contributed by atoms with van der Waals surface area (Å²) in [5, 5.41) is 0. The molecule has 118 valence electrons. The monoisotopic (exact) mass is 314 g/mol. The van der Waals surface area contributed by atoms with E-state index in [9.17, 15) is 31.1 Å². The number of hydrogen-bond donors (Lipinski definition) is 0. The van der Waals surface area contributed by atoms with E-state index in [0.717, 1.165) is 0 Å². The first-order valence-corrected chi connectivity index (χ1v) is 5.78. The lowest BCUT2D eigenvalue weighted by atomic mass is 10.0. The van der Waals surface area contributed by atoms with E-state index in [4.69, 9.17) is 0 Å². The van der Waals surface area contributed by atoms with Gasteiger partial charge in [0.15, 0.2) is 5.78 Å². The molecule has 0 aromatic heterocycles. The Kier molecular flexibility index (Phi) is 5.03. The van der Waals surface area contributed by atoms with Crippen LogP contribution in [0.3, 0.4) is 0 Å². The van der Waals surface area contributed by atoms with Gasteiger partial charge in [-0.25, -0.2) is 0 Å². The second-order valence-corrected chi connectivity index (χ2v) is 4.52. The minimum Gasteiger partial charge on any atom is -0.353 e. The summed E-state index contributed by atoms with van der Waals surface area (Å²) < 4.78 is 77.3. The summed E-state index contributed by atoms with van der Waals surface area (Å²) in [5.41, 5.74) is 1.15. The molecule has 0 saturated heterocycles. The first kappa shape index (κ1) is 17.5. The number of carbonyl (C=O) groups is 1. The highest BCUT2D eigenvalue weighted by molar-refractivity contribution is 5.98. The van der Waals surface area contributed by atoms with Gasteiger partial charge in [0.25, 0.3) is 0 Å². The molecule has 0 aliphatic rings. The number of ether oxygens (including phenoxy) is 1. The first-order chi connectivity index (χ1) is 9.43. The van der Waals surface area contributed by atoms with Crippen molar-refractivity contribution in [1.29, 1.82) is 0 Å². The zero-order chi connectivity index (χ0) is 16.4. The molecule has 0 fully saturated rings. The highest BCUT2D eigenvalue weighted by Gasteiger charge is 2.58. The third-order valence-electron chi connectivity index (χ3n) is 2.67. The highest BCUT2D eigenvalue weighted by Crippen LogP contribution is 2.35. The number of rotatable bonds is 4. The normalized spacial score (nSPS) is 12.8. The van der Waals surface area contributed by atoms with Crippen molar-refractivity contribution in [3.8, 4) is 0 Å².